The Morgan fingerprint density at radius 1 is 1.16 bits per heavy atom. The van der Waals surface area contributed by atoms with E-state index in [2.05, 4.69) is 0 Å². The first kappa shape index (κ1) is 22.1. The molecule has 2 unspecified atom stereocenters. The van der Waals surface area contributed by atoms with Crippen molar-refractivity contribution in [2.75, 3.05) is 19.8 Å². The molecule has 2 atom stereocenters. The van der Waals surface area contributed by atoms with Crippen LogP contribution in [-0.2, 0) is 14.3 Å². The van der Waals surface area contributed by atoms with Gasteiger partial charge in [0.25, 0.3) is 11.7 Å². The van der Waals surface area contributed by atoms with Crippen LogP contribution in [0.1, 0.15) is 48.1 Å². The Kier molecular flexibility index (Phi) is 6.33. The molecule has 2 aliphatic heterocycles. The van der Waals surface area contributed by atoms with Crippen molar-refractivity contribution in [3.8, 4) is 5.75 Å². The molecule has 0 radical (unpaired) electrons. The van der Waals surface area contributed by atoms with Gasteiger partial charge in [-0.15, -0.1) is 0 Å². The molecule has 0 bridgehead atoms. The molecule has 2 heterocycles. The van der Waals surface area contributed by atoms with E-state index in [-0.39, 0.29) is 17.4 Å². The summed E-state index contributed by atoms with van der Waals surface area (Å²) in [6, 6.07) is 12.3. The number of aryl methyl sites for hydroxylation is 2. The maximum Gasteiger partial charge on any atom is 0.295 e. The van der Waals surface area contributed by atoms with Gasteiger partial charge in [0.2, 0.25) is 0 Å². The van der Waals surface area contributed by atoms with Crippen molar-refractivity contribution < 1.29 is 24.2 Å². The Labute approximate surface area is 188 Å². The Morgan fingerprint density at radius 2 is 1.91 bits per heavy atom. The first-order valence-corrected chi connectivity index (χ1v) is 11.1. The van der Waals surface area contributed by atoms with E-state index in [9.17, 15) is 14.7 Å². The lowest BCUT2D eigenvalue weighted by Gasteiger charge is -2.27. The summed E-state index contributed by atoms with van der Waals surface area (Å²) in [6.07, 6.45) is 1.67. The number of ketones is 1. The van der Waals surface area contributed by atoms with Crippen LogP contribution in [0.2, 0.25) is 0 Å². The molecule has 0 saturated carbocycles. The van der Waals surface area contributed by atoms with E-state index in [1.807, 2.05) is 63.2 Å². The average molecular weight is 436 g/mol. The maximum absolute atomic E-state index is 13.2. The summed E-state index contributed by atoms with van der Waals surface area (Å²) in [4.78, 5) is 27.8. The molecule has 6 nitrogen and oxygen atoms in total. The quantitative estimate of drug-likeness (QED) is 0.416. The lowest BCUT2D eigenvalue weighted by atomic mass is 9.93. The van der Waals surface area contributed by atoms with Crippen LogP contribution < -0.4 is 4.74 Å². The summed E-state index contributed by atoms with van der Waals surface area (Å²) in [5.41, 5.74) is 3.23. The standard InChI is InChI=1S/C26H29NO5/c1-4-31-19-11-9-18(10-12-19)23-22(24(28)21-14-16(2)7-8-17(21)3)25(29)26(30)27(23)15-20-6-5-13-32-20/h7-12,14,20,23,28H,4-6,13,15H2,1-3H3/b24-22+. The van der Waals surface area contributed by atoms with Crippen LogP contribution >= 0.6 is 0 Å². The molecule has 4 rings (SSSR count). The van der Waals surface area contributed by atoms with E-state index >= 15 is 0 Å². The molecule has 2 saturated heterocycles. The first-order chi connectivity index (χ1) is 15.4. The molecule has 168 valence electrons. The van der Waals surface area contributed by atoms with Gasteiger partial charge < -0.3 is 19.5 Å². The van der Waals surface area contributed by atoms with Gasteiger partial charge in [-0.2, -0.15) is 0 Å². The highest BCUT2D eigenvalue weighted by molar-refractivity contribution is 6.46. The zero-order valence-electron chi connectivity index (χ0n) is 18.8. The van der Waals surface area contributed by atoms with Crippen molar-refractivity contribution in [1.82, 2.24) is 4.90 Å². The zero-order chi connectivity index (χ0) is 22.8. The highest BCUT2D eigenvalue weighted by Crippen LogP contribution is 2.41. The Bertz CT molecular complexity index is 1050. The van der Waals surface area contributed by atoms with Crippen molar-refractivity contribution in [3.05, 3.63) is 70.3 Å². The van der Waals surface area contributed by atoms with Crippen LogP contribution in [0.5, 0.6) is 5.75 Å². The minimum Gasteiger partial charge on any atom is -0.507 e. The van der Waals surface area contributed by atoms with E-state index in [0.29, 0.717) is 31.1 Å². The number of likely N-dealkylation sites (tertiary alicyclic amines) is 1. The van der Waals surface area contributed by atoms with Gasteiger partial charge in [0.1, 0.15) is 11.5 Å². The third-order valence-corrected chi connectivity index (χ3v) is 6.12. The second-order valence-corrected chi connectivity index (χ2v) is 8.41. The number of hydrogen-bond acceptors (Lipinski definition) is 5. The summed E-state index contributed by atoms with van der Waals surface area (Å²) in [6.45, 7) is 7.23. The van der Waals surface area contributed by atoms with Crippen molar-refractivity contribution in [3.63, 3.8) is 0 Å². The number of amides is 1. The van der Waals surface area contributed by atoms with Crippen LogP contribution in [0.15, 0.2) is 48.0 Å². The third kappa shape index (κ3) is 4.15. The lowest BCUT2D eigenvalue weighted by Crippen LogP contribution is -2.36. The van der Waals surface area contributed by atoms with Gasteiger partial charge in [-0.1, -0.05) is 29.8 Å². The molecule has 0 spiro atoms. The second kappa shape index (κ2) is 9.17. The van der Waals surface area contributed by atoms with Crippen molar-refractivity contribution >= 4 is 17.4 Å². The monoisotopic (exact) mass is 435 g/mol. The number of rotatable bonds is 6. The molecule has 0 aromatic heterocycles. The highest BCUT2D eigenvalue weighted by Gasteiger charge is 2.47. The molecule has 2 aromatic rings. The third-order valence-electron chi connectivity index (χ3n) is 6.12. The number of ether oxygens (including phenoxy) is 2. The molecule has 2 aliphatic rings. The summed E-state index contributed by atoms with van der Waals surface area (Å²) in [5.74, 6) is -0.702. The Morgan fingerprint density at radius 3 is 2.56 bits per heavy atom. The molecule has 32 heavy (non-hydrogen) atoms. The number of Topliss-reactive ketones (excluding diaryl/α,β-unsaturated/α-hetero) is 1. The highest BCUT2D eigenvalue weighted by atomic mass is 16.5. The number of carbonyl (C=O) groups excluding carboxylic acids is 2. The topological polar surface area (TPSA) is 76.1 Å². The summed E-state index contributed by atoms with van der Waals surface area (Å²) in [5, 5.41) is 11.3. The molecule has 0 aliphatic carbocycles. The predicted octanol–water partition coefficient (Wildman–Crippen LogP) is 4.30. The van der Waals surface area contributed by atoms with E-state index in [1.165, 1.54) is 0 Å². The van der Waals surface area contributed by atoms with Crippen molar-refractivity contribution in [2.24, 2.45) is 0 Å². The maximum atomic E-state index is 13.2. The number of benzene rings is 2. The van der Waals surface area contributed by atoms with Crippen LogP contribution in [0, 0.1) is 13.8 Å². The molecular weight excluding hydrogens is 406 g/mol. The fourth-order valence-corrected chi connectivity index (χ4v) is 4.47. The molecule has 2 aromatic carbocycles. The van der Waals surface area contributed by atoms with Crippen molar-refractivity contribution in [2.45, 2.75) is 45.8 Å². The Hall–Kier alpha value is -3.12. The SMILES string of the molecule is CCOc1ccc(C2/C(=C(\O)c3cc(C)ccc3C)C(=O)C(=O)N2CC2CCCO2)cc1. The average Bonchev–Trinajstić information content (AvgIpc) is 3.38. The summed E-state index contributed by atoms with van der Waals surface area (Å²) in [7, 11) is 0. The Balaban J connectivity index is 1.83. The van der Waals surface area contributed by atoms with Crippen molar-refractivity contribution in [1.29, 1.82) is 0 Å². The normalized spacial score (nSPS) is 22.5. The van der Waals surface area contributed by atoms with Gasteiger partial charge in [0, 0.05) is 18.7 Å². The van der Waals surface area contributed by atoms with E-state index in [1.54, 1.807) is 4.90 Å². The van der Waals surface area contributed by atoms with Crippen LogP contribution in [0.3, 0.4) is 0 Å². The number of hydrogen-bond donors (Lipinski definition) is 1. The van der Waals surface area contributed by atoms with Gasteiger partial charge >= 0.3 is 0 Å². The largest absolute Gasteiger partial charge is 0.507 e. The number of aliphatic hydroxyl groups excluding tert-OH is 1. The van der Waals surface area contributed by atoms with Gasteiger partial charge in [0.15, 0.2) is 0 Å². The van der Waals surface area contributed by atoms with Gasteiger partial charge in [-0.05, 0) is 62.9 Å². The van der Waals surface area contributed by atoms with Crippen LogP contribution in [0.25, 0.3) is 5.76 Å². The molecular formula is C26H29NO5. The van der Waals surface area contributed by atoms with Gasteiger partial charge in [-0.3, -0.25) is 9.59 Å². The predicted molar refractivity (Wildman–Crippen MR) is 122 cm³/mol. The molecule has 2 fully saturated rings. The first-order valence-electron chi connectivity index (χ1n) is 11.1. The molecule has 1 N–H and O–H groups in total. The van der Waals surface area contributed by atoms with Gasteiger partial charge in [-0.25, -0.2) is 0 Å². The lowest BCUT2D eigenvalue weighted by molar-refractivity contribution is -0.140. The van der Waals surface area contributed by atoms with E-state index in [0.717, 1.165) is 29.5 Å². The molecule has 1 amide bonds. The minimum absolute atomic E-state index is 0.112. The fraction of sp³-hybridized carbons (Fsp3) is 0.385. The van der Waals surface area contributed by atoms with Crippen LogP contribution in [-0.4, -0.2) is 47.6 Å². The van der Waals surface area contributed by atoms with Gasteiger partial charge in [0.05, 0.1) is 24.3 Å². The second-order valence-electron chi connectivity index (χ2n) is 8.41. The van der Waals surface area contributed by atoms with E-state index < -0.39 is 17.7 Å². The summed E-state index contributed by atoms with van der Waals surface area (Å²) >= 11 is 0. The smallest absolute Gasteiger partial charge is 0.295 e. The van der Waals surface area contributed by atoms with E-state index in [4.69, 9.17) is 9.47 Å². The number of aliphatic hydroxyl groups is 1. The summed E-state index contributed by atoms with van der Waals surface area (Å²) < 4.78 is 11.3. The fourth-order valence-electron chi connectivity index (χ4n) is 4.47. The minimum atomic E-state index is -0.685. The number of nitrogens with zero attached hydrogens (tertiary/aromatic N) is 1. The molecule has 6 heteroatoms. The zero-order valence-corrected chi connectivity index (χ0v) is 18.8. The number of carbonyl (C=O) groups is 2. The van der Waals surface area contributed by atoms with Crippen LogP contribution in [0.4, 0.5) is 0 Å².